The van der Waals surface area contributed by atoms with E-state index in [1.165, 1.54) is 19.9 Å². The van der Waals surface area contributed by atoms with Gasteiger partial charge in [-0.3, -0.25) is 4.79 Å². The van der Waals surface area contributed by atoms with Gasteiger partial charge in [-0.15, -0.1) is 0 Å². The smallest absolute Gasteiger partial charge is 0.208 e. The maximum Gasteiger partial charge on any atom is 0.208 e. The van der Waals surface area contributed by atoms with E-state index in [1.807, 2.05) is 36.4 Å². The quantitative estimate of drug-likeness (QED) is 0.483. The number of hydrogen-bond acceptors (Lipinski definition) is 3. The highest BCUT2D eigenvalue weighted by atomic mass is 19.1. The van der Waals surface area contributed by atoms with Crippen LogP contribution in [0.3, 0.4) is 0 Å². The first-order chi connectivity index (χ1) is 13.4. The molecule has 28 heavy (non-hydrogen) atoms. The molecule has 0 bridgehead atoms. The highest BCUT2D eigenvalue weighted by Crippen LogP contribution is 2.31. The summed E-state index contributed by atoms with van der Waals surface area (Å²) in [5.41, 5.74) is 1.29. The molecule has 0 saturated heterocycles. The van der Waals surface area contributed by atoms with E-state index in [2.05, 4.69) is 5.10 Å². The van der Waals surface area contributed by atoms with Gasteiger partial charge in [0.05, 0.1) is 17.5 Å². The fraction of sp³-hybridized carbons (Fsp3) is 0.130. The van der Waals surface area contributed by atoms with Gasteiger partial charge >= 0.3 is 0 Å². The Bertz CT molecular complexity index is 1170. The Kier molecular flexibility index (Phi) is 4.43. The molecule has 0 N–H and O–H groups in total. The van der Waals surface area contributed by atoms with Crippen LogP contribution in [0.15, 0.2) is 88.4 Å². The van der Waals surface area contributed by atoms with E-state index in [4.69, 9.17) is 4.42 Å². The lowest BCUT2D eigenvalue weighted by atomic mass is 10.00. The Morgan fingerprint density at radius 2 is 1.79 bits per heavy atom. The molecule has 0 spiro atoms. The van der Waals surface area contributed by atoms with Crippen molar-refractivity contribution in [3.05, 3.63) is 95.0 Å². The summed E-state index contributed by atoms with van der Waals surface area (Å²) in [7, 11) is 0. The number of benzene rings is 2. The van der Waals surface area contributed by atoms with Crippen molar-refractivity contribution in [1.29, 1.82) is 0 Å². The second-order valence-corrected chi connectivity index (χ2v) is 7.03. The second-order valence-electron chi connectivity index (χ2n) is 7.03. The van der Waals surface area contributed by atoms with Gasteiger partial charge in [0.25, 0.3) is 0 Å². The van der Waals surface area contributed by atoms with Crippen molar-refractivity contribution < 1.29 is 8.81 Å². The Balaban J connectivity index is 1.83. The van der Waals surface area contributed by atoms with Gasteiger partial charge in [0.2, 0.25) is 5.43 Å². The zero-order chi connectivity index (χ0) is 19.7. The van der Waals surface area contributed by atoms with Gasteiger partial charge in [0.15, 0.2) is 0 Å². The molecule has 2 heterocycles. The average molecular weight is 374 g/mol. The zero-order valence-electron chi connectivity index (χ0n) is 15.6. The molecule has 0 amide bonds. The van der Waals surface area contributed by atoms with Gasteiger partial charge in [0, 0.05) is 17.8 Å². The monoisotopic (exact) mass is 374 g/mol. The van der Waals surface area contributed by atoms with E-state index < -0.39 is 5.67 Å². The minimum Gasteiger partial charge on any atom is -0.464 e. The number of alkyl halides is 1. The fourth-order valence-corrected chi connectivity index (χ4v) is 3.06. The van der Waals surface area contributed by atoms with E-state index in [1.54, 1.807) is 41.4 Å². The molecular weight excluding hydrogens is 355 g/mol. The third kappa shape index (κ3) is 3.39. The van der Waals surface area contributed by atoms with Crippen LogP contribution >= 0.6 is 0 Å². The number of hydrogen-bond donors (Lipinski definition) is 0. The molecule has 0 aliphatic carbocycles. The van der Waals surface area contributed by atoms with E-state index in [0.717, 1.165) is 5.56 Å². The van der Waals surface area contributed by atoms with E-state index in [9.17, 15) is 9.18 Å². The number of furan rings is 1. The molecule has 4 nitrogen and oxygen atoms in total. The first-order valence-corrected chi connectivity index (χ1v) is 8.96. The lowest BCUT2D eigenvalue weighted by molar-refractivity contribution is 0.221. The summed E-state index contributed by atoms with van der Waals surface area (Å²) in [5, 5.41) is 4.52. The van der Waals surface area contributed by atoms with Crippen molar-refractivity contribution in [2.24, 2.45) is 0 Å². The maximum absolute atomic E-state index is 14.3. The summed E-state index contributed by atoms with van der Waals surface area (Å²) < 4.78 is 21.5. The first kappa shape index (κ1) is 17.9. The molecule has 0 atom stereocenters. The maximum atomic E-state index is 14.3. The second kappa shape index (κ2) is 6.93. The van der Waals surface area contributed by atoms with Crippen LogP contribution in [0.5, 0.6) is 0 Å². The van der Waals surface area contributed by atoms with Crippen LogP contribution in [0.25, 0.3) is 28.3 Å². The van der Waals surface area contributed by atoms with Crippen LogP contribution in [0.4, 0.5) is 4.39 Å². The lowest BCUT2D eigenvalue weighted by Gasteiger charge is -2.16. The summed E-state index contributed by atoms with van der Waals surface area (Å²) >= 11 is 0. The third-order valence-corrected chi connectivity index (χ3v) is 4.56. The summed E-state index contributed by atoms with van der Waals surface area (Å²) in [4.78, 5) is 12.5. The number of halogens is 1. The Morgan fingerprint density at radius 3 is 2.54 bits per heavy atom. The summed E-state index contributed by atoms with van der Waals surface area (Å²) in [5.74, 6) is 0.585. The van der Waals surface area contributed by atoms with Crippen LogP contribution in [-0.4, -0.2) is 9.78 Å². The topological polar surface area (TPSA) is 48.0 Å². The summed E-state index contributed by atoms with van der Waals surface area (Å²) in [6.45, 7) is 3.02. The van der Waals surface area contributed by atoms with E-state index in [0.29, 0.717) is 22.6 Å². The first-order valence-electron chi connectivity index (χ1n) is 8.96. The largest absolute Gasteiger partial charge is 0.464 e. The minimum atomic E-state index is -1.47. The molecule has 0 saturated carbocycles. The van der Waals surface area contributed by atoms with Crippen molar-refractivity contribution in [1.82, 2.24) is 9.78 Å². The third-order valence-electron chi connectivity index (χ3n) is 4.56. The van der Waals surface area contributed by atoms with Crippen LogP contribution in [0.2, 0.25) is 0 Å². The van der Waals surface area contributed by atoms with Crippen molar-refractivity contribution in [2.75, 3.05) is 0 Å². The molecule has 140 valence electrons. The van der Waals surface area contributed by atoms with Crippen LogP contribution in [0.1, 0.15) is 19.4 Å². The average Bonchev–Trinajstić information content (AvgIpc) is 3.18. The molecule has 0 fully saturated rings. The summed E-state index contributed by atoms with van der Waals surface area (Å²) in [6, 6.07) is 19.8. The normalized spacial score (nSPS) is 11.5. The SMILES string of the molecule is CC(C)(F)c1cccc(-n2ccc(=O)c(-c3ccoc3-c3ccccc3)n2)c1. The van der Waals surface area contributed by atoms with Gasteiger partial charge in [-0.05, 0) is 37.6 Å². The number of nitrogens with zero attached hydrogens (tertiary/aromatic N) is 2. The summed E-state index contributed by atoms with van der Waals surface area (Å²) in [6.07, 6.45) is 3.13. The molecule has 0 radical (unpaired) electrons. The molecule has 2 aromatic heterocycles. The standard InChI is InChI=1S/C23H19FN2O2/c1-23(2,24)17-9-6-10-18(15-17)26-13-11-20(27)21(25-26)19-12-14-28-22(19)16-7-4-3-5-8-16/h3-15H,1-2H3. The zero-order valence-corrected chi connectivity index (χ0v) is 15.6. The highest BCUT2D eigenvalue weighted by molar-refractivity contribution is 5.77. The van der Waals surface area contributed by atoms with Gasteiger partial charge in [-0.25, -0.2) is 9.07 Å². The van der Waals surface area contributed by atoms with Crippen molar-refractivity contribution >= 4 is 0 Å². The van der Waals surface area contributed by atoms with E-state index in [-0.39, 0.29) is 11.1 Å². The fourth-order valence-electron chi connectivity index (χ4n) is 3.06. The van der Waals surface area contributed by atoms with Gasteiger partial charge in [-0.1, -0.05) is 42.5 Å². The molecule has 4 aromatic rings. The minimum absolute atomic E-state index is 0.211. The van der Waals surface area contributed by atoms with Gasteiger partial charge < -0.3 is 4.42 Å². The van der Waals surface area contributed by atoms with Crippen molar-refractivity contribution in [2.45, 2.75) is 19.5 Å². The molecule has 4 rings (SSSR count). The molecule has 0 aliphatic rings. The highest BCUT2D eigenvalue weighted by Gasteiger charge is 2.20. The number of rotatable bonds is 4. The molecule has 2 aromatic carbocycles. The molecular formula is C23H19FN2O2. The molecule has 0 aliphatic heterocycles. The molecule has 5 heteroatoms. The predicted molar refractivity (Wildman–Crippen MR) is 107 cm³/mol. The van der Waals surface area contributed by atoms with Crippen LogP contribution in [-0.2, 0) is 5.67 Å². The lowest BCUT2D eigenvalue weighted by Crippen LogP contribution is -2.14. The Morgan fingerprint density at radius 1 is 1.00 bits per heavy atom. The van der Waals surface area contributed by atoms with Gasteiger partial charge in [0.1, 0.15) is 17.1 Å². The number of aromatic nitrogens is 2. The predicted octanol–water partition coefficient (Wildman–Crippen LogP) is 5.36. The van der Waals surface area contributed by atoms with Gasteiger partial charge in [-0.2, -0.15) is 5.10 Å². The van der Waals surface area contributed by atoms with Crippen molar-refractivity contribution in [3.8, 4) is 28.3 Å². The van der Waals surface area contributed by atoms with Crippen LogP contribution < -0.4 is 5.43 Å². The van der Waals surface area contributed by atoms with Crippen molar-refractivity contribution in [3.63, 3.8) is 0 Å². The molecule has 0 unspecified atom stereocenters. The Labute approximate surface area is 161 Å². The Hall–Kier alpha value is -3.47. The van der Waals surface area contributed by atoms with E-state index >= 15 is 0 Å². The van der Waals surface area contributed by atoms with Crippen LogP contribution in [0, 0.1) is 0 Å².